The summed E-state index contributed by atoms with van der Waals surface area (Å²) < 4.78 is 23.0. The average Bonchev–Trinajstić information content (AvgIpc) is 3.49. The number of furan rings is 1. The minimum absolute atomic E-state index is 0.380. The van der Waals surface area contributed by atoms with Crippen LogP contribution >= 0.6 is 11.3 Å². The van der Waals surface area contributed by atoms with Crippen LogP contribution < -0.4 is 19.9 Å². The van der Waals surface area contributed by atoms with Crippen LogP contribution in [0.3, 0.4) is 0 Å². The van der Waals surface area contributed by atoms with Crippen LogP contribution in [0.15, 0.2) is 82.6 Å². The number of nitrogens with two attached hydrogens (primary N) is 1. The molecule has 0 aliphatic carbocycles. The molecule has 5 nitrogen and oxygen atoms in total. The van der Waals surface area contributed by atoms with Gasteiger partial charge in [-0.05, 0) is 64.5 Å². The largest absolute Gasteiger partial charge is 0.497 e. The monoisotopic (exact) mass is 457 g/mol. The van der Waals surface area contributed by atoms with Crippen LogP contribution in [-0.2, 0) is 6.61 Å². The van der Waals surface area contributed by atoms with Crippen molar-refractivity contribution in [2.24, 2.45) is 0 Å². The predicted octanol–water partition coefficient (Wildman–Crippen LogP) is 7.01. The van der Waals surface area contributed by atoms with Gasteiger partial charge in [0, 0.05) is 4.88 Å². The first kappa shape index (κ1) is 21.0. The molecule has 0 fully saturated rings. The number of thiophene rings is 1. The third-order valence-electron chi connectivity index (χ3n) is 5.50. The summed E-state index contributed by atoms with van der Waals surface area (Å²) in [5.41, 5.74) is 10.9. The Morgan fingerprint density at radius 2 is 1.67 bits per heavy atom. The number of fused-ring (bicyclic) bond motifs is 1. The molecule has 6 heteroatoms. The zero-order chi connectivity index (χ0) is 22.8. The molecular weight excluding hydrogens is 434 g/mol. The lowest BCUT2D eigenvalue weighted by molar-refractivity contribution is 0.309. The maximum atomic E-state index is 6.37. The van der Waals surface area contributed by atoms with E-state index >= 15 is 0 Å². The number of hydrogen-bond acceptors (Lipinski definition) is 6. The minimum atomic E-state index is 0.380. The number of rotatable bonds is 7. The molecule has 2 aromatic heterocycles. The molecule has 0 radical (unpaired) electrons. The van der Waals surface area contributed by atoms with Gasteiger partial charge in [0.1, 0.15) is 29.4 Å². The molecule has 5 aromatic rings. The molecule has 0 aliphatic heterocycles. The highest BCUT2D eigenvalue weighted by Crippen LogP contribution is 2.45. The first-order valence-corrected chi connectivity index (χ1v) is 11.3. The minimum Gasteiger partial charge on any atom is -0.497 e. The smallest absolute Gasteiger partial charge is 0.200 e. The van der Waals surface area contributed by atoms with Crippen molar-refractivity contribution in [2.75, 3.05) is 20.0 Å². The predicted molar refractivity (Wildman–Crippen MR) is 133 cm³/mol. The van der Waals surface area contributed by atoms with E-state index in [2.05, 4.69) is 0 Å². The SMILES string of the molecule is COc1ccc(-c2cc(OCc3cccc(OC)c3)c3c(-c4cccs4)c(N)oc3c2)cc1. The zero-order valence-corrected chi connectivity index (χ0v) is 19.1. The summed E-state index contributed by atoms with van der Waals surface area (Å²) in [6.07, 6.45) is 0. The number of hydrogen-bond donors (Lipinski definition) is 1. The van der Waals surface area contributed by atoms with Gasteiger partial charge >= 0.3 is 0 Å². The van der Waals surface area contributed by atoms with Crippen molar-refractivity contribution in [2.45, 2.75) is 6.61 Å². The summed E-state index contributed by atoms with van der Waals surface area (Å²) >= 11 is 1.62. The number of ether oxygens (including phenoxy) is 3. The van der Waals surface area contributed by atoms with E-state index in [9.17, 15) is 0 Å². The third kappa shape index (κ3) is 4.13. The van der Waals surface area contributed by atoms with Gasteiger partial charge in [-0.2, -0.15) is 0 Å². The molecule has 0 atom stereocenters. The highest BCUT2D eigenvalue weighted by Gasteiger charge is 2.21. The molecule has 0 bridgehead atoms. The lowest BCUT2D eigenvalue weighted by Gasteiger charge is -2.12. The Balaban J connectivity index is 1.62. The molecule has 2 heterocycles. The fourth-order valence-electron chi connectivity index (χ4n) is 3.86. The van der Waals surface area contributed by atoms with Gasteiger partial charge in [0.25, 0.3) is 0 Å². The van der Waals surface area contributed by atoms with Crippen LogP contribution in [-0.4, -0.2) is 14.2 Å². The molecule has 0 saturated heterocycles. The van der Waals surface area contributed by atoms with E-state index in [0.717, 1.165) is 44.0 Å². The molecule has 3 aromatic carbocycles. The van der Waals surface area contributed by atoms with Crippen molar-refractivity contribution in [3.8, 4) is 38.8 Å². The Kier molecular flexibility index (Phi) is 5.67. The van der Waals surface area contributed by atoms with Gasteiger partial charge in [-0.1, -0.05) is 30.3 Å². The van der Waals surface area contributed by atoms with E-state index in [4.69, 9.17) is 24.4 Å². The van der Waals surface area contributed by atoms with Gasteiger partial charge in [-0.15, -0.1) is 11.3 Å². The fourth-order valence-corrected chi connectivity index (χ4v) is 4.64. The summed E-state index contributed by atoms with van der Waals surface area (Å²) in [5, 5.41) is 2.89. The molecule has 2 N–H and O–H groups in total. The van der Waals surface area contributed by atoms with E-state index in [-0.39, 0.29) is 0 Å². The van der Waals surface area contributed by atoms with Crippen molar-refractivity contribution in [1.29, 1.82) is 0 Å². The Bertz CT molecular complexity index is 1390. The van der Waals surface area contributed by atoms with Crippen molar-refractivity contribution in [3.63, 3.8) is 0 Å². The average molecular weight is 458 g/mol. The number of anilines is 1. The van der Waals surface area contributed by atoms with Gasteiger partial charge in [0.15, 0.2) is 0 Å². The van der Waals surface area contributed by atoms with Crippen LogP contribution in [0.4, 0.5) is 5.88 Å². The molecule has 0 unspecified atom stereocenters. The Hall–Kier alpha value is -3.90. The molecule has 0 amide bonds. The van der Waals surface area contributed by atoms with Crippen LogP contribution in [0.1, 0.15) is 5.56 Å². The summed E-state index contributed by atoms with van der Waals surface area (Å²) in [6.45, 7) is 0.382. The molecule has 166 valence electrons. The van der Waals surface area contributed by atoms with E-state index < -0.39 is 0 Å². The topological polar surface area (TPSA) is 66.8 Å². The van der Waals surface area contributed by atoms with E-state index in [1.54, 1.807) is 25.6 Å². The van der Waals surface area contributed by atoms with Crippen molar-refractivity contribution in [1.82, 2.24) is 0 Å². The van der Waals surface area contributed by atoms with Gasteiger partial charge < -0.3 is 24.4 Å². The summed E-state index contributed by atoms with van der Waals surface area (Å²) in [5.74, 6) is 2.69. The quantitative estimate of drug-likeness (QED) is 0.285. The van der Waals surface area contributed by atoms with Gasteiger partial charge in [0.05, 0.1) is 25.2 Å². The third-order valence-corrected chi connectivity index (χ3v) is 6.39. The maximum Gasteiger partial charge on any atom is 0.200 e. The highest BCUT2D eigenvalue weighted by molar-refractivity contribution is 7.13. The summed E-state index contributed by atoms with van der Waals surface area (Å²) in [6, 6.07) is 23.8. The molecule has 0 spiro atoms. The lowest BCUT2D eigenvalue weighted by atomic mass is 10.0. The normalized spacial score (nSPS) is 11.0. The van der Waals surface area contributed by atoms with E-state index in [1.807, 2.05) is 78.2 Å². The highest BCUT2D eigenvalue weighted by atomic mass is 32.1. The van der Waals surface area contributed by atoms with Crippen LogP contribution in [0.25, 0.3) is 32.5 Å². The zero-order valence-electron chi connectivity index (χ0n) is 18.3. The Morgan fingerprint density at radius 3 is 2.39 bits per heavy atom. The number of methoxy groups -OCH3 is 2. The van der Waals surface area contributed by atoms with Crippen molar-refractivity contribution < 1.29 is 18.6 Å². The second-order valence-corrected chi connectivity index (χ2v) is 8.48. The second-order valence-electron chi connectivity index (χ2n) is 7.53. The summed E-state index contributed by atoms with van der Waals surface area (Å²) in [7, 11) is 3.31. The van der Waals surface area contributed by atoms with Crippen molar-refractivity contribution in [3.05, 3.63) is 83.7 Å². The first-order valence-electron chi connectivity index (χ1n) is 10.5. The van der Waals surface area contributed by atoms with Crippen LogP contribution in [0, 0.1) is 0 Å². The number of nitrogen functional groups attached to an aromatic ring is 1. The summed E-state index contributed by atoms with van der Waals surface area (Å²) in [4.78, 5) is 1.04. The first-order chi connectivity index (χ1) is 16.2. The molecular formula is C27H23NO4S. The van der Waals surface area contributed by atoms with E-state index in [1.165, 1.54) is 0 Å². The van der Waals surface area contributed by atoms with Gasteiger partial charge in [0.2, 0.25) is 5.88 Å². The van der Waals surface area contributed by atoms with Crippen molar-refractivity contribution >= 4 is 28.2 Å². The van der Waals surface area contributed by atoms with E-state index in [0.29, 0.717) is 23.8 Å². The number of benzene rings is 3. The molecule has 33 heavy (non-hydrogen) atoms. The van der Waals surface area contributed by atoms with Crippen LogP contribution in [0.5, 0.6) is 17.2 Å². The Labute approximate surface area is 195 Å². The van der Waals surface area contributed by atoms with Gasteiger partial charge in [-0.25, -0.2) is 0 Å². The fraction of sp³-hybridized carbons (Fsp3) is 0.111. The maximum absolute atomic E-state index is 6.37. The lowest BCUT2D eigenvalue weighted by Crippen LogP contribution is -1.97. The molecule has 0 aliphatic rings. The molecule has 5 rings (SSSR count). The molecule has 0 saturated carbocycles. The standard InChI is InChI=1S/C27H23NO4S/c1-29-20-10-8-18(9-11-20)19-14-22(31-16-17-5-3-6-21(13-17)30-2)25-23(15-19)32-27(28)26(25)24-7-4-12-33-24/h3-15H,16,28H2,1-2H3. The second kappa shape index (κ2) is 8.92. The Morgan fingerprint density at radius 1 is 0.848 bits per heavy atom. The van der Waals surface area contributed by atoms with Gasteiger partial charge in [-0.3, -0.25) is 0 Å². The van der Waals surface area contributed by atoms with Crippen LogP contribution in [0.2, 0.25) is 0 Å².